The predicted octanol–water partition coefficient (Wildman–Crippen LogP) is 1.99. The van der Waals surface area contributed by atoms with Crippen molar-refractivity contribution in [2.24, 2.45) is 0 Å². The highest BCUT2D eigenvalue weighted by molar-refractivity contribution is 9.10. The number of ether oxygens (including phenoxy) is 1. The first-order valence-corrected chi connectivity index (χ1v) is 7.00. The molecule has 6 nitrogen and oxygen atoms in total. The zero-order valence-corrected chi connectivity index (χ0v) is 13.0. The topological polar surface area (TPSA) is 84.5 Å². The second kappa shape index (κ2) is 6.09. The molecule has 1 aromatic carbocycles. The Labute approximate surface area is 129 Å². The van der Waals surface area contributed by atoms with Crippen LogP contribution in [0.2, 0.25) is 0 Å². The Morgan fingerprint density at radius 1 is 1.14 bits per heavy atom. The van der Waals surface area contributed by atoms with Gasteiger partial charge in [-0.2, -0.15) is 0 Å². The van der Waals surface area contributed by atoms with Crippen LogP contribution in [0.1, 0.15) is 19.4 Å². The highest BCUT2D eigenvalue weighted by atomic mass is 79.9. The summed E-state index contributed by atoms with van der Waals surface area (Å²) in [5.74, 6) is -0.934. The number of amides is 4. The van der Waals surface area contributed by atoms with E-state index >= 15 is 0 Å². The van der Waals surface area contributed by atoms with E-state index in [1.807, 2.05) is 24.5 Å². The van der Waals surface area contributed by atoms with Gasteiger partial charge in [-0.3, -0.25) is 20.2 Å². The third kappa shape index (κ3) is 3.69. The number of hydrogen-bond acceptors (Lipinski definition) is 4. The van der Waals surface area contributed by atoms with Gasteiger partial charge in [0.05, 0.1) is 6.10 Å². The van der Waals surface area contributed by atoms with Gasteiger partial charge in [0.25, 0.3) is 11.8 Å². The molecule has 1 aliphatic heterocycles. The molecule has 0 atom stereocenters. The molecule has 0 unspecified atom stereocenters. The van der Waals surface area contributed by atoms with Crippen molar-refractivity contribution in [3.63, 3.8) is 0 Å². The van der Waals surface area contributed by atoms with E-state index in [1.54, 1.807) is 18.2 Å². The molecule has 1 saturated heterocycles. The standard InChI is InChI=1S/C14H13BrN2O4/c1-7(2)21-11-4-3-9(15)5-8(11)6-10-12(18)16-14(20)17-13(10)19/h3-7H,1-2H3,(H2,16,17,18,19,20). The fourth-order valence-electron chi connectivity index (χ4n) is 1.76. The van der Waals surface area contributed by atoms with E-state index in [-0.39, 0.29) is 11.7 Å². The Balaban J connectivity index is 2.43. The molecular formula is C14H13BrN2O4. The quantitative estimate of drug-likeness (QED) is 0.643. The van der Waals surface area contributed by atoms with E-state index in [4.69, 9.17) is 4.74 Å². The average Bonchev–Trinajstić information content (AvgIpc) is 2.36. The van der Waals surface area contributed by atoms with Crippen LogP contribution in [0.25, 0.3) is 6.08 Å². The van der Waals surface area contributed by atoms with Crippen LogP contribution >= 0.6 is 15.9 Å². The van der Waals surface area contributed by atoms with Crippen molar-refractivity contribution in [3.05, 3.63) is 33.8 Å². The summed E-state index contributed by atoms with van der Waals surface area (Å²) in [6.07, 6.45) is 1.33. The first kappa shape index (κ1) is 15.2. The average molecular weight is 353 g/mol. The van der Waals surface area contributed by atoms with Gasteiger partial charge in [-0.1, -0.05) is 15.9 Å². The number of rotatable bonds is 3. The van der Waals surface area contributed by atoms with E-state index < -0.39 is 17.8 Å². The summed E-state index contributed by atoms with van der Waals surface area (Å²) in [5, 5.41) is 4.05. The summed E-state index contributed by atoms with van der Waals surface area (Å²) >= 11 is 3.33. The molecule has 1 fully saturated rings. The first-order chi connectivity index (χ1) is 9.86. The van der Waals surface area contributed by atoms with Crippen molar-refractivity contribution in [1.29, 1.82) is 0 Å². The lowest BCUT2D eigenvalue weighted by Crippen LogP contribution is -2.51. The van der Waals surface area contributed by atoms with Crippen molar-refractivity contribution in [1.82, 2.24) is 10.6 Å². The molecule has 7 heteroatoms. The van der Waals surface area contributed by atoms with Gasteiger partial charge < -0.3 is 4.74 Å². The minimum atomic E-state index is -0.824. The molecule has 2 rings (SSSR count). The highest BCUT2D eigenvalue weighted by Crippen LogP contribution is 2.26. The summed E-state index contributed by atoms with van der Waals surface area (Å²) in [6.45, 7) is 3.75. The second-order valence-electron chi connectivity index (χ2n) is 4.64. The molecule has 4 amide bonds. The monoisotopic (exact) mass is 352 g/mol. The number of carbonyl (C=O) groups excluding carboxylic acids is 3. The SMILES string of the molecule is CC(C)Oc1ccc(Br)cc1C=C1C(=O)NC(=O)NC1=O. The van der Waals surface area contributed by atoms with Crippen molar-refractivity contribution in [2.75, 3.05) is 0 Å². The van der Waals surface area contributed by atoms with Crippen LogP contribution in [0.5, 0.6) is 5.75 Å². The van der Waals surface area contributed by atoms with Crippen LogP contribution in [-0.2, 0) is 9.59 Å². The largest absolute Gasteiger partial charge is 0.490 e. The summed E-state index contributed by atoms with van der Waals surface area (Å²) in [4.78, 5) is 34.5. The zero-order chi connectivity index (χ0) is 15.6. The Morgan fingerprint density at radius 3 is 2.33 bits per heavy atom. The van der Waals surface area contributed by atoms with Gasteiger partial charge in [0, 0.05) is 10.0 Å². The molecule has 1 heterocycles. The lowest BCUT2D eigenvalue weighted by Gasteiger charge is -2.16. The maximum atomic E-state index is 11.7. The molecule has 0 saturated carbocycles. The van der Waals surface area contributed by atoms with Gasteiger partial charge in [-0.15, -0.1) is 0 Å². The van der Waals surface area contributed by atoms with Crippen molar-refractivity contribution >= 4 is 39.9 Å². The normalized spacial score (nSPS) is 14.9. The number of benzene rings is 1. The smallest absolute Gasteiger partial charge is 0.328 e. The summed E-state index contributed by atoms with van der Waals surface area (Å²) < 4.78 is 6.41. The number of halogens is 1. The molecule has 1 aromatic rings. The van der Waals surface area contributed by atoms with Crippen LogP contribution in [-0.4, -0.2) is 23.9 Å². The summed E-state index contributed by atoms with van der Waals surface area (Å²) in [5.41, 5.74) is 0.411. The molecule has 110 valence electrons. The number of barbiturate groups is 1. The van der Waals surface area contributed by atoms with Crippen LogP contribution in [0, 0.1) is 0 Å². The molecular weight excluding hydrogens is 340 g/mol. The van der Waals surface area contributed by atoms with Crippen molar-refractivity contribution < 1.29 is 19.1 Å². The van der Waals surface area contributed by atoms with Gasteiger partial charge in [0.15, 0.2) is 0 Å². The lowest BCUT2D eigenvalue weighted by atomic mass is 10.1. The summed E-state index contributed by atoms with van der Waals surface area (Å²) in [6, 6.07) is 4.43. The third-order valence-corrected chi connectivity index (χ3v) is 3.07. The van der Waals surface area contributed by atoms with Crippen molar-refractivity contribution in [2.45, 2.75) is 20.0 Å². The number of carbonyl (C=O) groups is 3. The van der Waals surface area contributed by atoms with Crippen molar-refractivity contribution in [3.8, 4) is 5.75 Å². The number of urea groups is 1. The van der Waals surface area contributed by atoms with E-state index in [0.29, 0.717) is 11.3 Å². The Bertz CT molecular complexity index is 630. The van der Waals surface area contributed by atoms with E-state index in [2.05, 4.69) is 15.9 Å². The van der Waals surface area contributed by atoms with Gasteiger partial charge in [-0.25, -0.2) is 4.79 Å². The summed E-state index contributed by atoms with van der Waals surface area (Å²) in [7, 11) is 0. The van der Waals surface area contributed by atoms with Crippen LogP contribution in [0.3, 0.4) is 0 Å². The maximum absolute atomic E-state index is 11.7. The van der Waals surface area contributed by atoms with E-state index in [1.165, 1.54) is 6.08 Å². The first-order valence-electron chi connectivity index (χ1n) is 6.21. The molecule has 0 aliphatic carbocycles. The number of imide groups is 2. The lowest BCUT2D eigenvalue weighted by molar-refractivity contribution is -0.123. The minimum absolute atomic E-state index is 0.0566. The molecule has 21 heavy (non-hydrogen) atoms. The van der Waals surface area contributed by atoms with Gasteiger partial charge in [-0.05, 0) is 38.1 Å². The Hall–Kier alpha value is -2.15. The Morgan fingerprint density at radius 2 is 1.76 bits per heavy atom. The van der Waals surface area contributed by atoms with Gasteiger partial charge >= 0.3 is 6.03 Å². The number of hydrogen-bond donors (Lipinski definition) is 2. The molecule has 1 aliphatic rings. The third-order valence-electron chi connectivity index (χ3n) is 2.58. The molecule has 0 radical (unpaired) electrons. The van der Waals surface area contributed by atoms with E-state index in [0.717, 1.165) is 4.47 Å². The molecule has 2 N–H and O–H groups in total. The minimum Gasteiger partial charge on any atom is -0.490 e. The molecule has 0 bridgehead atoms. The number of nitrogens with one attached hydrogen (secondary N) is 2. The zero-order valence-electron chi connectivity index (χ0n) is 11.4. The highest BCUT2D eigenvalue weighted by Gasteiger charge is 2.28. The molecule has 0 aromatic heterocycles. The predicted molar refractivity (Wildman–Crippen MR) is 79.6 cm³/mol. The van der Waals surface area contributed by atoms with Gasteiger partial charge in [0.1, 0.15) is 11.3 Å². The second-order valence-corrected chi connectivity index (χ2v) is 5.56. The van der Waals surface area contributed by atoms with E-state index in [9.17, 15) is 14.4 Å². The maximum Gasteiger partial charge on any atom is 0.328 e. The van der Waals surface area contributed by atoms with Crippen LogP contribution in [0.4, 0.5) is 4.79 Å². The van der Waals surface area contributed by atoms with Crippen LogP contribution < -0.4 is 15.4 Å². The fraction of sp³-hybridized carbons (Fsp3) is 0.214. The Kier molecular flexibility index (Phi) is 4.42. The van der Waals surface area contributed by atoms with Gasteiger partial charge in [0.2, 0.25) is 0 Å². The fourth-order valence-corrected chi connectivity index (χ4v) is 2.13. The molecule has 0 spiro atoms. The van der Waals surface area contributed by atoms with Crippen LogP contribution in [0.15, 0.2) is 28.2 Å².